The molecule has 1 aromatic rings. The third-order valence-corrected chi connectivity index (χ3v) is 5.82. The highest BCUT2D eigenvalue weighted by Crippen LogP contribution is 2.24. The molecule has 31 heavy (non-hydrogen) atoms. The number of nitrogens with zero attached hydrogens (tertiary/aromatic N) is 2. The summed E-state index contributed by atoms with van der Waals surface area (Å²) in [4.78, 5) is 14.6. The molecular weight excluding hydrogens is 456 g/mol. The number of ether oxygens (including phenoxy) is 1. The van der Waals surface area contributed by atoms with Gasteiger partial charge in [-0.2, -0.15) is 13.2 Å². The van der Waals surface area contributed by atoms with Gasteiger partial charge in [0.15, 0.2) is 0 Å². The third kappa shape index (κ3) is 8.91. The summed E-state index contributed by atoms with van der Waals surface area (Å²) in [6.45, 7) is -0.706. The minimum atomic E-state index is -4.91. The molecule has 176 valence electrons. The van der Waals surface area contributed by atoms with Crippen LogP contribution in [0, 0.1) is 0 Å². The maximum atomic E-state index is 12.5. The monoisotopic (exact) mass is 477 g/mol. The van der Waals surface area contributed by atoms with Crippen molar-refractivity contribution < 1.29 is 44.3 Å². The number of halogens is 6. The summed E-state index contributed by atoms with van der Waals surface area (Å²) >= 11 is 0. The summed E-state index contributed by atoms with van der Waals surface area (Å²) in [6.07, 6.45) is -9.09. The van der Waals surface area contributed by atoms with Crippen molar-refractivity contribution in [3.8, 4) is 5.75 Å². The Morgan fingerprint density at radius 2 is 1.65 bits per heavy atom. The first kappa shape index (κ1) is 25.2. The van der Waals surface area contributed by atoms with Gasteiger partial charge in [0.25, 0.3) is 0 Å². The first-order valence-corrected chi connectivity index (χ1v) is 10.7. The van der Waals surface area contributed by atoms with Crippen LogP contribution in [0.25, 0.3) is 0 Å². The van der Waals surface area contributed by atoms with Gasteiger partial charge < -0.3 is 9.64 Å². The molecule has 1 fully saturated rings. The summed E-state index contributed by atoms with van der Waals surface area (Å²) in [5.41, 5.74) is 0. The number of amides is 1. The fourth-order valence-corrected chi connectivity index (χ4v) is 4.02. The van der Waals surface area contributed by atoms with Gasteiger partial charge >= 0.3 is 12.5 Å². The molecule has 1 heterocycles. The Morgan fingerprint density at radius 1 is 1.00 bits per heavy atom. The van der Waals surface area contributed by atoms with Gasteiger partial charge in [-0.3, -0.25) is 9.69 Å². The standard InChI is InChI=1S/C17H21F6N3O4S/c18-16(19,20)12-25-8-1-9-26(11-10-25)15(27)6-7-24-31(28,29)14-4-2-13(3-5-14)30-17(21,22)23/h2-5,24H,1,6-12H2. The smallest absolute Gasteiger partial charge is 0.406 e. The maximum absolute atomic E-state index is 12.5. The van der Waals surface area contributed by atoms with Gasteiger partial charge in [-0.15, -0.1) is 13.2 Å². The number of nitrogens with one attached hydrogen (secondary N) is 1. The SMILES string of the molecule is O=C(CCNS(=O)(=O)c1ccc(OC(F)(F)F)cc1)N1CCCN(CC(F)(F)F)CC1. The Morgan fingerprint density at radius 3 is 2.23 bits per heavy atom. The van der Waals surface area contributed by atoms with Crippen molar-refractivity contribution in [1.29, 1.82) is 0 Å². The average Bonchev–Trinajstić information content (AvgIpc) is 2.84. The summed E-state index contributed by atoms with van der Waals surface area (Å²) in [5.74, 6) is -0.993. The molecule has 14 heteroatoms. The van der Waals surface area contributed by atoms with Crippen LogP contribution in [-0.4, -0.2) is 75.9 Å². The first-order valence-electron chi connectivity index (χ1n) is 9.17. The molecular formula is C17H21F6N3O4S. The van der Waals surface area contributed by atoms with E-state index in [-0.39, 0.29) is 44.0 Å². The van der Waals surface area contributed by atoms with Crippen molar-refractivity contribution in [1.82, 2.24) is 14.5 Å². The molecule has 1 N–H and O–H groups in total. The Bertz CT molecular complexity index is 843. The fraction of sp³-hybridized carbons (Fsp3) is 0.588. The van der Waals surface area contributed by atoms with Crippen LogP contribution in [0.4, 0.5) is 26.3 Å². The van der Waals surface area contributed by atoms with E-state index in [1.807, 2.05) is 0 Å². The lowest BCUT2D eigenvalue weighted by atomic mass is 10.3. The van der Waals surface area contributed by atoms with E-state index >= 15 is 0 Å². The third-order valence-electron chi connectivity index (χ3n) is 4.34. The van der Waals surface area contributed by atoms with E-state index in [4.69, 9.17) is 0 Å². The average molecular weight is 477 g/mol. The molecule has 0 bridgehead atoms. The van der Waals surface area contributed by atoms with Gasteiger partial charge in [-0.05, 0) is 30.7 Å². The second-order valence-electron chi connectivity index (χ2n) is 6.79. The van der Waals surface area contributed by atoms with Gasteiger partial charge in [0.05, 0.1) is 11.4 Å². The van der Waals surface area contributed by atoms with Gasteiger partial charge in [-0.25, -0.2) is 13.1 Å². The van der Waals surface area contributed by atoms with E-state index in [0.717, 1.165) is 24.3 Å². The molecule has 0 aliphatic carbocycles. The number of sulfonamides is 1. The lowest BCUT2D eigenvalue weighted by Gasteiger charge is -2.22. The predicted molar refractivity (Wildman–Crippen MR) is 96.6 cm³/mol. The van der Waals surface area contributed by atoms with Gasteiger partial charge in [0.2, 0.25) is 15.9 Å². The van der Waals surface area contributed by atoms with Crippen molar-refractivity contribution in [3.05, 3.63) is 24.3 Å². The van der Waals surface area contributed by atoms with E-state index in [1.165, 1.54) is 9.80 Å². The summed E-state index contributed by atoms with van der Waals surface area (Å²) in [5, 5.41) is 0. The van der Waals surface area contributed by atoms with Crippen LogP contribution < -0.4 is 9.46 Å². The number of carbonyl (C=O) groups is 1. The Labute approximate surface area is 175 Å². The first-order chi connectivity index (χ1) is 14.3. The molecule has 1 aromatic carbocycles. The van der Waals surface area contributed by atoms with E-state index < -0.39 is 40.8 Å². The minimum Gasteiger partial charge on any atom is -0.406 e. The Hall–Kier alpha value is -2.06. The molecule has 0 atom stereocenters. The van der Waals surface area contributed by atoms with Gasteiger partial charge in [-0.1, -0.05) is 0 Å². The van der Waals surface area contributed by atoms with E-state index in [0.29, 0.717) is 6.42 Å². The fourth-order valence-electron chi connectivity index (χ4n) is 2.99. The predicted octanol–water partition coefficient (Wildman–Crippen LogP) is 2.35. The van der Waals surface area contributed by atoms with Crippen LogP contribution in [0.5, 0.6) is 5.75 Å². The molecule has 1 aliphatic rings. The molecule has 0 saturated carbocycles. The summed E-state index contributed by atoms with van der Waals surface area (Å²) in [6, 6.07) is 3.54. The summed E-state index contributed by atoms with van der Waals surface area (Å²) in [7, 11) is -4.07. The van der Waals surface area contributed by atoms with Gasteiger partial charge in [0.1, 0.15) is 5.75 Å². The molecule has 1 saturated heterocycles. The van der Waals surface area contributed by atoms with Crippen LogP contribution in [0.15, 0.2) is 29.2 Å². The number of rotatable bonds is 7. The van der Waals surface area contributed by atoms with Crippen molar-refractivity contribution in [2.24, 2.45) is 0 Å². The topological polar surface area (TPSA) is 78.9 Å². The molecule has 2 rings (SSSR count). The van der Waals surface area contributed by atoms with Crippen LogP contribution in [0.1, 0.15) is 12.8 Å². The molecule has 0 spiro atoms. The lowest BCUT2D eigenvalue weighted by Crippen LogP contribution is -2.39. The van der Waals surface area contributed by atoms with E-state index in [9.17, 15) is 39.6 Å². The van der Waals surface area contributed by atoms with Crippen LogP contribution >= 0.6 is 0 Å². The number of hydrogen-bond donors (Lipinski definition) is 1. The van der Waals surface area contributed by atoms with E-state index in [1.54, 1.807) is 0 Å². The number of alkyl halides is 6. The zero-order valence-electron chi connectivity index (χ0n) is 16.2. The lowest BCUT2D eigenvalue weighted by molar-refractivity contribution is -0.274. The summed E-state index contributed by atoms with van der Waals surface area (Å²) < 4.78 is 104. The second kappa shape index (κ2) is 10.0. The Balaban J connectivity index is 1.83. The van der Waals surface area contributed by atoms with Crippen molar-refractivity contribution in [2.45, 2.75) is 30.3 Å². The van der Waals surface area contributed by atoms with Crippen LogP contribution in [0.3, 0.4) is 0 Å². The Kier molecular flexibility index (Phi) is 8.16. The largest absolute Gasteiger partial charge is 0.573 e. The number of carbonyl (C=O) groups excluding carboxylic acids is 1. The van der Waals surface area contributed by atoms with Crippen molar-refractivity contribution >= 4 is 15.9 Å². The number of hydrogen-bond acceptors (Lipinski definition) is 5. The zero-order valence-corrected chi connectivity index (χ0v) is 17.0. The van der Waals surface area contributed by atoms with Crippen molar-refractivity contribution in [3.63, 3.8) is 0 Å². The second-order valence-corrected chi connectivity index (χ2v) is 8.56. The van der Waals surface area contributed by atoms with Crippen molar-refractivity contribution in [2.75, 3.05) is 39.3 Å². The molecule has 7 nitrogen and oxygen atoms in total. The van der Waals surface area contributed by atoms with Crippen LogP contribution in [0.2, 0.25) is 0 Å². The highest BCUT2D eigenvalue weighted by Gasteiger charge is 2.32. The van der Waals surface area contributed by atoms with Crippen LogP contribution in [-0.2, 0) is 14.8 Å². The minimum absolute atomic E-state index is 0.0589. The van der Waals surface area contributed by atoms with E-state index in [2.05, 4.69) is 9.46 Å². The highest BCUT2D eigenvalue weighted by atomic mass is 32.2. The molecule has 1 amide bonds. The highest BCUT2D eigenvalue weighted by molar-refractivity contribution is 7.89. The van der Waals surface area contributed by atoms with Gasteiger partial charge in [0, 0.05) is 39.1 Å². The number of benzene rings is 1. The maximum Gasteiger partial charge on any atom is 0.573 e. The zero-order chi connectivity index (χ0) is 23.3. The molecule has 0 unspecified atom stereocenters. The molecule has 0 radical (unpaired) electrons. The normalized spacial score (nSPS) is 16.8. The quantitative estimate of drug-likeness (QED) is 0.610. The molecule has 1 aliphatic heterocycles. The molecule has 0 aromatic heterocycles.